The molecule has 1 heterocycles. The van der Waals surface area contributed by atoms with Gasteiger partial charge in [-0.1, -0.05) is 12.1 Å². The highest BCUT2D eigenvalue weighted by Gasteiger charge is 2.39. The van der Waals surface area contributed by atoms with Crippen LogP contribution in [0.3, 0.4) is 0 Å². The molecule has 21 heavy (non-hydrogen) atoms. The Labute approximate surface area is 120 Å². The highest BCUT2D eigenvalue weighted by Crippen LogP contribution is 2.28. The van der Waals surface area contributed by atoms with Gasteiger partial charge in [0.05, 0.1) is 17.2 Å². The molecule has 1 aromatic carbocycles. The van der Waals surface area contributed by atoms with Crippen molar-refractivity contribution in [2.45, 2.75) is 31.4 Å². The number of benzene rings is 1. The lowest BCUT2D eigenvalue weighted by atomic mass is 10.1. The Morgan fingerprint density at radius 1 is 1.19 bits per heavy atom. The summed E-state index contributed by atoms with van der Waals surface area (Å²) < 4.78 is 0. The molecule has 0 aromatic heterocycles. The van der Waals surface area contributed by atoms with Crippen molar-refractivity contribution in [3.63, 3.8) is 0 Å². The predicted molar refractivity (Wildman–Crippen MR) is 70.6 cm³/mol. The van der Waals surface area contributed by atoms with Crippen LogP contribution in [0.1, 0.15) is 40.0 Å². The van der Waals surface area contributed by atoms with Gasteiger partial charge in [-0.2, -0.15) is 0 Å². The van der Waals surface area contributed by atoms with E-state index in [9.17, 15) is 14.4 Å². The molecule has 3 amide bonds. The van der Waals surface area contributed by atoms with Crippen molar-refractivity contribution in [2.24, 2.45) is 0 Å². The first-order chi connectivity index (χ1) is 10.1. The first-order valence-corrected chi connectivity index (χ1v) is 6.70. The lowest BCUT2D eigenvalue weighted by Crippen LogP contribution is -2.35. The normalized spacial score (nSPS) is 24.3. The molecule has 3 rings (SSSR count). The Morgan fingerprint density at radius 3 is 2.38 bits per heavy atom. The summed E-state index contributed by atoms with van der Waals surface area (Å²) in [5.74, 6) is -0.935. The fourth-order valence-corrected chi connectivity index (χ4v) is 2.75. The van der Waals surface area contributed by atoms with Crippen LogP contribution in [0.5, 0.6) is 0 Å². The van der Waals surface area contributed by atoms with Crippen molar-refractivity contribution in [3.05, 3.63) is 35.4 Å². The number of amides is 3. The summed E-state index contributed by atoms with van der Waals surface area (Å²) in [6.07, 6.45) is 0.239. The lowest BCUT2D eigenvalue weighted by Gasteiger charge is -2.18. The maximum Gasteiger partial charge on any atom is 0.404 e. The van der Waals surface area contributed by atoms with Gasteiger partial charge in [0.15, 0.2) is 0 Å². The number of carbonyl (C=O) groups excluding carboxylic acids is 2. The number of rotatable bonds is 3. The topological polar surface area (TPSA) is 95.9 Å². The fraction of sp³-hybridized carbons (Fsp3) is 0.357. The molecule has 0 saturated heterocycles. The molecular weight excluding hydrogens is 276 g/mol. The summed E-state index contributed by atoms with van der Waals surface area (Å²) >= 11 is 0. The smallest absolute Gasteiger partial charge is 0.404 e. The molecule has 2 N–H and O–H groups in total. The third-order valence-electron chi connectivity index (χ3n) is 3.72. The molecule has 110 valence electrons. The number of carbonyl (C=O) groups is 3. The van der Waals surface area contributed by atoms with Gasteiger partial charge in [0.25, 0.3) is 11.8 Å². The van der Waals surface area contributed by atoms with E-state index in [1.165, 1.54) is 0 Å². The third-order valence-corrected chi connectivity index (χ3v) is 3.72. The lowest BCUT2D eigenvalue weighted by molar-refractivity contribution is -0.129. The first-order valence-electron chi connectivity index (χ1n) is 6.70. The largest absolute Gasteiger partial charge is 0.465 e. The highest BCUT2D eigenvalue weighted by atomic mass is 16.7. The van der Waals surface area contributed by atoms with E-state index in [0.717, 1.165) is 5.06 Å². The number of nitrogens with zero attached hydrogens (tertiary/aromatic N) is 1. The Kier molecular flexibility index (Phi) is 3.34. The zero-order valence-electron chi connectivity index (χ0n) is 11.1. The predicted octanol–water partition coefficient (Wildman–Crippen LogP) is 1.40. The molecule has 2 atom stereocenters. The van der Waals surface area contributed by atoms with Crippen LogP contribution < -0.4 is 5.32 Å². The Morgan fingerprint density at radius 2 is 1.81 bits per heavy atom. The summed E-state index contributed by atoms with van der Waals surface area (Å²) in [6.45, 7) is 0. The average molecular weight is 290 g/mol. The molecule has 0 spiro atoms. The van der Waals surface area contributed by atoms with Gasteiger partial charge in [-0.3, -0.25) is 14.4 Å². The van der Waals surface area contributed by atoms with Crippen LogP contribution in [0.15, 0.2) is 24.3 Å². The van der Waals surface area contributed by atoms with Crippen LogP contribution in [-0.4, -0.2) is 40.2 Å². The molecular formula is C14H14N2O5. The molecule has 2 aliphatic rings. The minimum absolute atomic E-state index is 0.206. The summed E-state index contributed by atoms with van der Waals surface area (Å²) in [5.41, 5.74) is 0.668. The monoisotopic (exact) mass is 290 g/mol. The molecule has 1 aliphatic heterocycles. The van der Waals surface area contributed by atoms with Crippen molar-refractivity contribution in [2.75, 3.05) is 0 Å². The number of fused-ring (bicyclic) bond motifs is 1. The second-order valence-corrected chi connectivity index (χ2v) is 5.14. The van der Waals surface area contributed by atoms with Gasteiger partial charge < -0.3 is 10.4 Å². The van der Waals surface area contributed by atoms with Gasteiger partial charge >= 0.3 is 6.09 Å². The standard InChI is InChI=1S/C14H14N2O5/c17-12-10-3-1-2-4-11(10)13(18)16(12)21-9-6-5-8(7-9)15-14(19)20/h1-4,8-9,15H,5-7H2,(H,19,20)/t8-,9-/m1/s1. The Bertz CT molecular complexity index is 580. The van der Waals surface area contributed by atoms with Crippen LogP contribution >= 0.6 is 0 Å². The molecule has 1 fully saturated rings. The number of nitrogens with one attached hydrogen (secondary N) is 1. The van der Waals surface area contributed by atoms with Gasteiger partial charge in [0.2, 0.25) is 0 Å². The van der Waals surface area contributed by atoms with Gasteiger partial charge in [0, 0.05) is 6.04 Å². The van der Waals surface area contributed by atoms with E-state index in [1.807, 2.05) is 0 Å². The third kappa shape index (κ3) is 2.47. The van der Waals surface area contributed by atoms with E-state index in [0.29, 0.717) is 30.4 Å². The van der Waals surface area contributed by atoms with Crippen molar-refractivity contribution >= 4 is 17.9 Å². The van der Waals surface area contributed by atoms with E-state index < -0.39 is 17.9 Å². The average Bonchev–Trinajstić information content (AvgIpc) is 2.98. The van der Waals surface area contributed by atoms with Gasteiger partial charge in [0.1, 0.15) is 0 Å². The van der Waals surface area contributed by atoms with E-state index in [-0.39, 0.29) is 12.1 Å². The van der Waals surface area contributed by atoms with Crippen molar-refractivity contribution in [1.29, 1.82) is 0 Å². The summed E-state index contributed by atoms with van der Waals surface area (Å²) in [5, 5.41) is 11.9. The van der Waals surface area contributed by atoms with Crippen molar-refractivity contribution in [3.8, 4) is 0 Å². The van der Waals surface area contributed by atoms with E-state index >= 15 is 0 Å². The molecule has 7 heteroatoms. The Balaban J connectivity index is 1.66. The maximum absolute atomic E-state index is 12.1. The number of hydrogen-bond donors (Lipinski definition) is 2. The van der Waals surface area contributed by atoms with E-state index in [1.54, 1.807) is 24.3 Å². The van der Waals surface area contributed by atoms with E-state index in [2.05, 4.69) is 5.32 Å². The summed E-state index contributed by atoms with van der Waals surface area (Å²) in [6, 6.07) is 6.35. The zero-order valence-corrected chi connectivity index (χ0v) is 11.1. The van der Waals surface area contributed by atoms with Gasteiger partial charge in [-0.25, -0.2) is 4.79 Å². The number of hydroxylamine groups is 2. The number of imide groups is 1. The second-order valence-electron chi connectivity index (χ2n) is 5.14. The van der Waals surface area contributed by atoms with Gasteiger partial charge in [-0.05, 0) is 31.4 Å². The van der Waals surface area contributed by atoms with Gasteiger partial charge in [-0.15, -0.1) is 5.06 Å². The SMILES string of the molecule is O=C(O)N[C@@H]1CC[C@@H](ON2C(=O)c3ccccc3C2=O)C1. The number of hydrogen-bond acceptors (Lipinski definition) is 4. The zero-order chi connectivity index (χ0) is 15.0. The second kappa shape index (κ2) is 5.17. The maximum atomic E-state index is 12.1. The van der Waals surface area contributed by atoms with Crippen molar-refractivity contribution < 1.29 is 24.3 Å². The molecule has 0 bridgehead atoms. The number of carboxylic acid groups (broad SMARTS) is 1. The fourth-order valence-electron chi connectivity index (χ4n) is 2.75. The summed E-state index contributed by atoms with van der Waals surface area (Å²) in [7, 11) is 0. The quantitative estimate of drug-likeness (QED) is 0.820. The minimum atomic E-state index is -1.08. The van der Waals surface area contributed by atoms with Crippen LogP contribution in [-0.2, 0) is 4.84 Å². The van der Waals surface area contributed by atoms with Crippen LogP contribution in [0, 0.1) is 0 Å². The van der Waals surface area contributed by atoms with Crippen LogP contribution in [0.4, 0.5) is 4.79 Å². The van der Waals surface area contributed by atoms with Crippen molar-refractivity contribution in [1.82, 2.24) is 10.4 Å². The molecule has 0 unspecified atom stereocenters. The molecule has 1 aromatic rings. The minimum Gasteiger partial charge on any atom is -0.465 e. The first kappa shape index (κ1) is 13.6. The Hall–Kier alpha value is -2.41. The van der Waals surface area contributed by atoms with Crippen LogP contribution in [0.2, 0.25) is 0 Å². The highest BCUT2D eigenvalue weighted by molar-refractivity contribution is 6.20. The van der Waals surface area contributed by atoms with E-state index in [4.69, 9.17) is 9.94 Å². The summed E-state index contributed by atoms with van der Waals surface area (Å²) in [4.78, 5) is 40.3. The molecule has 1 aliphatic carbocycles. The molecule has 7 nitrogen and oxygen atoms in total. The molecule has 0 radical (unpaired) electrons. The molecule has 1 saturated carbocycles. The van der Waals surface area contributed by atoms with Crippen LogP contribution in [0.25, 0.3) is 0 Å².